The Morgan fingerprint density at radius 1 is 0.974 bits per heavy atom. The Morgan fingerprint density at radius 3 is 2.55 bits per heavy atom. The molecule has 0 aliphatic rings. The fraction of sp³-hybridized carbons (Fsp3) is 0.138. The molecule has 0 saturated carbocycles. The van der Waals surface area contributed by atoms with Gasteiger partial charge in [-0.25, -0.2) is 0 Å². The molecule has 3 aromatic heterocycles. The minimum atomic E-state index is -0.127. The lowest BCUT2D eigenvalue weighted by atomic mass is 10.1. The fourth-order valence-corrected chi connectivity index (χ4v) is 5.44. The molecule has 0 saturated heterocycles. The number of furan rings is 1. The van der Waals surface area contributed by atoms with Crippen LogP contribution in [0, 0.1) is 0 Å². The van der Waals surface area contributed by atoms with Crippen molar-refractivity contribution in [1.82, 2.24) is 19.3 Å². The van der Waals surface area contributed by atoms with Gasteiger partial charge in [0.1, 0.15) is 5.75 Å². The van der Waals surface area contributed by atoms with E-state index < -0.39 is 0 Å². The Bertz CT molecular complexity index is 1740. The number of carbonyl (C=O) groups excluding carboxylic acids is 1. The molecule has 1 N–H and O–H groups in total. The number of thioether (sulfide) groups is 1. The fourth-order valence-electron chi connectivity index (χ4n) is 4.69. The van der Waals surface area contributed by atoms with Crippen LogP contribution in [-0.4, -0.2) is 38.1 Å². The lowest BCUT2D eigenvalue weighted by molar-refractivity contribution is -0.113. The van der Waals surface area contributed by atoms with Gasteiger partial charge in [-0.15, -0.1) is 10.2 Å². The second kappa shape index (κ2) is 10.1. The average molecular weight is 524 g/mol. The number of amides is 1. The van der Waals surface area contributed by atoms with Crippen molar-refractivity contribution in [2.24, 2.45) is 0 Å². The maximum Gasteiger partial charge on any atom is 0.234 e. The molecule has 3 aromatic carbocycles. The van der Waals surface area contributed by atoms with Crippen molar-refractivity contribution in [3.8, 4) is 23.0 Å². The van der Waals surface area contributed by atoms with E-state index in [1.807, 2.05) is 53.1 Å². The maximum atomic E-state index is 13.0. The molecule has 3 heterocycles. The van der Waals surface area contributed by atoms with E-state index in [9.17, 15) is 4.79 Å². The van der Waals surface area contributed by atoms with Crippen molar-refractivity contribution >= 4 is 45.2 Å². The molecule has 0 fully saturated rings. The highest BCUT2D eigenvalue weighted by atomic mass is 32.2. The molecule has 0 radical (unpaired) electrons. The van der Waals surface area contributed by atoms with Crippen molar-refractivity contribution in [2.45, 2.75) is 18.6 Å². The van der Waals surface area contributed by atoms with E-state index in [1.54, 1.807) is 19.4 Å². The molecule has 0 aliphatic carbocycles. The first-order chi connectivity index (χ1) is 18.7. The monoisotopic (exact) mass is 523 g/mol. The summed E-state index contributed by atoms with van der Waals surface area (Å²) in [6, 6.07) is 25.6. The van der Waals surface area contributed by atoms with Crippen LogP contribution in [0.5, 0.6) is 5.75 Å². The minimum absolute atomic E-state index is 0.127. The zero-order valence-electron chi connectivity index (χ0n) is 20.9. The highest BCUT2D eigenvalue weighted by Gasteiger charge is 2.19. The van der Waals surface area contributed by atoms with Gasteiger partial charge in [0.15, 0.2) is 10.9 Å². The summed E-state index contributed by atoms with van der Waals surface area (Å²) in [5.74, 6) is 1.93. The van der Waals surface area contributed by atoms with Gasteiger partial charge in [-0.2, -0.15) is 0 Å². The van der Waals surface area contributed by atoms with Gasteiger partial charge in [-0.05, 0) is 67.6 Å². The van der Waals surface area contributed by atoms with Gasteiger partial charge < -0.3 is 19.0 Å². The summed E-state index contributed by atoms with van der Waals surface area (Å²) < 4.78 is 15.0. The summed E-state index contributed by atoms with van der Waals surface area (Å²) in [6.07, 6.45) is 1.59. The van der Waals surface area contributed by atoms with Crippen LogP contribution in [0.15, 0.2) is 94.7 Å². The van der Waals surface area contributed by atoms with Gasteiger partial charge >= 0.3 is 0 Å². The standard InChI is InChI=1S/C29H25N5O3S/c1-3-33-24-8-5-4-7-22(24)23-17-19(10-15-25(23)33)30-27(35)18-38-29-32-31-28(26-9-6-16-37-26)34(29)20-11-13-21(36-2)14-12-20/h4-17H,3,18H2,1-2H3,(H,30,35). The summed E-state index contributed by atoms with van der Waals surface area (Å²) in [7, 11) is 1.63. The number of benzene rings is 3. The molecule has 8 nitrogen and oxygen atoms in total. The molecule has 0 unspecified atom stereocenters. The van der Waals surface area contributed by atoms with Gasteiger partial charge in [-0.1, -0.05) is 30.0 Å². The van der Waals surface area contributed by atoms with E-state index >= 15 is 0 Å². The molecule has 0 atom stereocenters. The highest BCUT2D eigenvalue weighted by Crippen LogP contribution is 2.32. The number of anilines is 1. The summed E-state index contributed by atoms with van der Waals surface area (Å²) >= 11 is 1.31. The highest BCUT2D eigenvalue weighted by molar-refractivity contribution is 7.99. The molecular weight excluding hydrogens is 498 g/mol. The largest absolute Gasteiger partial charge is 0.497 e. The smallest absolute Gasteiger partial charge is 0.234 e. The molecule has 6 rings (SSSR count). The quantitative estimate of drug-likeness (QED) is 0.233. The van der Waals surface area contributed by atoms with Gasteiger partial charge in [-0.3, -0.25) is 9.36 Å². The zero-order chi connectivity index (χ0) is 26.1. The molecule has 1 amide bonds. The van der Waals surface area contributed by atoms with E-state index in [-0.39, 0.29) is 11.7 Å². The van der Waals surface area contributed by atoms with E-state index in [0.29, 0.717) is 16.7 Å². The van der Waals surface area contributed by atoms with Gasteiger partial charge in [0.25, 0.3) is 0 Å². The predicted octanol–water partition coefficient (Wildman–Crippen LogP) is 6.39. The third kappa shape index (κ3) is 4.31. The SMILES string of the molecule is CCn1c2ccccc2c2cc(NC(=O)CSc3nnc(-c4ccco4)n3-c3ccc(OC)cc3)ccc21. The van der Waals surface area contributed by atoms with Gasteiger partial charge in [0.2, 0.25) is 11.7 Å². The summed E-state index contributed by atoms with van der Waals surface area (Å²) in [4.78, 5) is 13.0. The summed E-state index contributed by atoms with van der Waals surface area (Å²) in [5, 5.41) is 14.6. The normalized spacial score (nSPS) is 11.3. The molecule has 0 bridgehead atoms. The first kappa shape index (κ1) is 23.9. The molecule has 9 heteroatoms. The average Bonchev–Trinajstić information content (AvgIpc) is 3.69. The predicted molar refractivity (Wildman–Crippen MR) is 150 cm³/mol. The van der Waals surface area contributed by atoms with Crippen LogP contribution in [0.25, 0.3) is 39.1 Å². The molecule has 0 spiro atoms. The number of methoxy groups -OCH3 is 1. The number of hydrogen-bond donors (Lipinski definition) is 1. The van der Waals surface area contributed by atoms with Crippen molar-refractivity contribution in [3.63, 3.8) is 0 Å². The number of aromatic nitrogens is 4. The molecule has 6 aromatic rings. The lowest BCUT2D eigenvalue weighted by Crippen LogP contribution is -2.14. The Balaban J connectivity index is 1.24. The maximum absolute atomic E-state index is 13.0. The Hall–Kier alpha value is -4.50. The number of aryl methyl sites for hydroxylation is 1. The van der Waals surface area contributed by atoms with Crippen LogP contribution in [-0.2, 0) is 11.3 Å². The van der Waals surface area contributed by atoms with Crippen LogP contribution in [0.2, 0.25) is 0 Å². The Morgan fingerprint density at radius 2 is 1.79 bits per heavy atom. The van der Waals surface area contributed by atoms with E-state index in [0.717, 1.165) is 34.6 Å². The third-order valence-corrected chi connectivity index (χ3v) is 7.34. The number of para-hydroxylation sites is 1. The third-order valence-electron chi connectivity index (χ3n) is 6.41. The van der Waals surface area contributed by atoms with Crippen LogP contribution >= 0.6 is 11.8 Å². The number of ether oxygens (including phenoxy) is 1. The Kier molecular flexibility index (Phi) is 6.35. The van der Waals surface area contributed by atoms with Crippen LogP contribution in [0.3, 0.4) is 0 Å². The second-order valence-electron chi connectivity index (χ2n) is 8.65. The zero-order valence-corrected chi connectivity index (χ0v) is 21.7. The Labute approximate surface area is 223 Å². The number of nitrogens with one attached hydrogen (secondary N) is 1. The van der Waals surface area contributed by atoms with E-state index in [1.165, 1.54) is 22.7 Å². The molecule has 190 valence electrons. The van der Waals surface area contributed by atoms with Crippen LogP contribution in [0.4, 0.5) is 5.69 Å². The van der Waals surface area contributed by atoms with Crippen molar-refractivity contribution in [1.29, 1.82) is 0 Å². The van der Waals surface area contributed by atoms with Gasteiger partial charge in [0.05, 0.1) is 24.8 Å². The number of hydrogen-bond acceptors (Lipinski definition) is 6. The van der Waals surface area contributed by atoms with E-state index in [4.69, 9.17) is 9.15 Å². The van der Waals surface area contributed by atoms with Crippen molar-refractivity contribution in [3.05, 3.63) is 85.1 Å². The first-order valence-electron chi connectivity index (χ1n) is 12.2. The number of rotatable bonds is 8. The topological polar surface area (TPSA) is 87.1 Å². The second-order valence-corrected chi connectivity index (χ2v) is 9.59. The molecule has 38 heavy (non-hydrogen) atoms. The number of carbonyl (C=O) groups is 1. The lowest BCUT2D eigenvalue weighted by Gasteiger charge is -2.10. The number of nitrogens with zero attached hydrogens (tertiary/aromatic N) is 4. The first-order valence-corrected chi connectivity index (χ1v) is 13.2. The molecule has 0 aliphatic heterocycles. The van der Waals surface area contributed by atoms with Crippen LogP contribution < -0.4 is 10.1 Å². The van der Waals surface area contributed by atoms with E-state index in [2.05, 4.69) is 51.3 Å². The summed E-state index contributed by atoms with van der Waals surface area (Å²) in [6.45, 7) is 3.02. The number of fused-ring (bicyclic) bond motifs is 3. The summed E-state index contributed by atoms with van der Waals surface area (Å²) in [5.41, 5.74) is 3.94. The minimum Gasteiger partial charge on any atom is -0.497 e. The molecular formula is C29H25N5O3S. The van der Waals surface area contributed by atoms with Crippen molar-refractivity contribution in [2.75, 3.05) is 18.2 Å². The van der Waals surface area contributed by atoms with Crippen molar-refractivity contribution < 1.29 is 13.9 Å². The van der Waals surface area contributed by atoms with Gasteiger partial charge in [0, 0.05) is 34.0 Å². The van der Waals surface area contributed by atoms with Crippen LogP contribution in [0.1, 0.15) is 6.92 Å².